The molecule has 0 unspecified atom stereocenters. The molecule has 0 saturated heterocycles. The molecule has 10 N–H and O–H groups in total. The lowest BCUT2D eigenvalue weighted by Gasteiger charge is -2.02. The van der Waals surface area contributed by atoms with Crippen molar-refractivity contribution in [3.8, 4) is 0 Å². The lowest BCUT2D eigenvalue weighted by Crippen LogP contribution is -2.28. The van der Waals surface area contributed by atoms with Gasteiger partial charge in [0.05, 0.1) is 0 Å². The molecule has 0 heterocycles. The van der Waals surface area contributed by atoms with Crippen molar-refractivity contribution in [1.82, 2.24) is 10.9 Å². The lowest BCUT2D eigenvalue weighted by molar-refractivity contribution is -0.121. The summed E-state index contributed by atoms with van der Waals surface area (Å²) < 4.78 is 0. The zero-order valence-electron chi connectivity index (χ0n) is 12.4. The van der Waals surface area contributed by atoms with Crippen LogP contribution in [0.5, 0.6) is 0 Å². The molecule has 0 aliphatic heterocycles. The molecule has 0 rings (SSSR count). The maximum Gasteiger partial charge on any atom is 0.240 e. The first-order valence-electron chi connectivity index (χ1n) is 6.66. The van der Waals surface area contributed by atoms with Crippen molar-refractivity contribution in [1.29, 1.82) is 0 Å². The molecule has 11 heteroatoms. The van der Waals surface area contributed by atoms with Gasteiger partial charge in [-0.25, -0.2) is 10.9 Å². The van der Waals surface area contributed by atoms with Crippen LogP contribution in [0.1, 0.15) is 44.9 Å². The number of hydrogen-bond donors (Lipinski definition) is 6. The van der Waals surface area contributed by atoms with E-state index in [-0.39, 0.29) is 36.1 Å². The number of unbranched alkanes of at least 4 members (excludes halogenated alkanes) is 4. The number of halogens is 1. The summed E-state index contributed by atoms with van der Waals surface area (Å²) in [5, 5.41) is 6.80. The topological polar surface area (TPSA) is 187 Å². The van der Waals surface area contributed by atoms with E-state index in [1.165, 1.54) is 0 Å². The molecular weight excluding hydrogens is 312 g/mol. The van der Waals surface area contributed by atoms with E-state index in [4.69, 9.17) is 22.9 Å². The summed E-state index contributed by atoms with van der Waals surface area (Å²) >= 11 is 0. The Morgan fingerprint density at radius 1 is 0.682 bits per heavy atom. The van der Waals surface area contributed by atoms with Gasteiger partial charge in [-0.3, -0.25) is 9.59 Å². The third kappa shape index (κ3) is 15.8. The number of nitrogens with two attached hydrogens (primary N) is 4. The summed E-state index contributed by atoms with van der Waals surface area (Å²) in [5.74, 6) is -0.801. The van der Waals surface area contributed by atoms with E-state index in [1.54, 1.807) is 0 Å². The molecule has 22 heavy (non-hydrogen) atoms. The minimum Gasteiger partial charge on any atom is -0.369 e. The second-order valence-electron chi connectivity index (χ2n) is 4.41. The first kappa shape index (κ1) is 22.1. The lowest BCUT2D eigenvalue weighted by atomic mass is 10.1. The van der Waals surface area contributed by atoms with Crippen molar-refractivity contribution in [3.05, 3.63) is 0 Å². The van der Waals surface area contributed by atoms with Crippen LogP contribution in [-0.4, -0.2) is 23.7 Å². The highest BCUT2D eigenvalue weighted by molar-refractivity contribution is 5.85. The molecule has 0 aliphatic carbocycles. The van der Waals surface area contributed by atoms with Crippen molar-refractivity contribution in [2.24, 2.45) is 33.1 Å². The number of rotatable bonds is 10. The molecule has 0 saturated carbocycles. The standard InChI is InChI=1S/C11H24N8O2.ClH/c12-10(13)18-16-8(20)6-4-2-1-3-5-7-9(21)17-19-11(14)15;/h1-7H2,(H,16,20)(H,17,21)(H4,12,13,18)(H4,14,15,19);1H. The molecule has 0 aliphatic rings. The number of nitrogens with one attached hydrogen (secondary N) is 2. The number of hydrazone groups is 2. The van der Waals surface area contributed by atoms with Crippen molar-refractivity contribution in [2.45, 2.75) is 44.9 Å². The van der Waals surface area contributed by atoms with Gasteiger partial charge in [0, 0.05) is 12.8 Å². The second-order valence-corrected chi connectivity index (χ2v) is 4.41. The number of nitrogens with zero attached hydrogens (tertiary/aromatic N) is 2. The Balaban J connectivity index is 0. The highest BCUT2D eigenvalue weighted by atomic mass is 35.5. The molecule has 128 valence electrons. The Morgan fingerprint density at radius 2 is 1.00 bits per heavy atom. The van der Waals surface area contributed by atoms with E-state index in [9.17, 15) is 9.59 Å². The molecule has 0 spiro atoms. The largest absolute Gasteiger partial charge is 0.369 e. The minimum absolute atomic E-state index is 0. The van der Waals surface area contributed by atoms with Gasteiger partial charge in [-0.1, -0.05) is 19.3 Å². The molecule has 0 radical (unpaired) electrons. The van der Waals surface area contributed by atoms with E-state index in [2.05, 4.69) is 21.1 Å². The Bertz CT molecular complexity index is 356. The molecule has 2 amide bonds. The van der Waals surface area contributed by atoms with Crippen molar-refractivity contribution in [2.75, 3.05) is 0 Å². The van der Waals surface area contributed by atoms with Gasteiger partial charge in [0.25, 0.3) is 0 Å². The fourth-order valence-corrected chi connectivity index (χ4v) is 1.47. The van der Waals surface area contributed by atoms with Gasteiger partial charge < -0.3 is 22.9 Å². The van der Waals surface area contributed by atoms with Crippen molar-refractivity contribution in [3.63, 3.8) is 0 Å². The summed E-state index contributed by atoms with van der Waals surface area (Å²) in [4.78, 5) is 22.5. The highest BCUT2D eigenvalue weighted by Crippen LogP contribution is 2.07. The van der Waals surface area contributed by atoms with E-state index >= 15 is 0 Å². The minimum atomic E-state index is -0.222. The summed E-state index contributed by atoms with van der Waals surface area (Å²) in [6, 6.07) is 0. The quantitative estimate of drug-likeness (QED) is 0.125. The third-order valence-corrected chi connectivity index (χ3v) is 2.43. The fourth-order valence-electron chi connectivity index (χ4n) is 1.47. The van der Waals surface area contributed by atoms with E-state index < -0.39 is 0 Å². The van der Waals surface area contributed by atoms with Crippen LogP contribution in [0.3, 0.4) is 0 Å². The van der Waals surface area contributed by atoms with Crippen LogP contribution in [0, 0.1) is 0 Å². The average Bonchev–Trinajstić information content (AvgIpc) is 2.41. The van der Waals surface area contributed by atoms with Crippen LogP contribution in [-0.2, 0) is 9.59 Å². The number of amides is 2. The molecule has 0 aromatic carbocycles. The molecule has 0 aromatic rings. The van der Waals surface area contributed by atoms with Crippen LogP contribution < -0.4 is 33.8 Å². The molecule has 0 bridgehead atoms. The summed E-state index contributed by atoms with van der Waals surface area (Å²) in [7, 11) is 0. The van der Waals surface area contributed by atoms with Crippen molar-refractivity contribution >= 4 is 36.1 Å². The van der Waals surface area contributed by atoms with Crippen LogP contribution in [0.25, 0.3) is 0 Å². The number of guanidine groups is 2. The van der Waals surface area contributed by atoms with Gasteiger partial charge in [0.2, 0.25) is 23.7 Å². The number of carbonyl (C=O) groups excluding carboxylic acids is 2. The summed E-state index contributed by atoms with van der Waals surface area (Å²) in [6.07, 6.45) is 4.93. The van der Waals surface area contributed by atoms with E-state index in [1.807, 2.05) is 0 Å². The first-order chi connectivity index (χ1) is 9.91. The Labute approximate surface area is 135 Å². The van der Waals surface area contributed by atoms with Crippen molar-refractivity contribution < 1.29 is 9.59 Å². The molecule has 0 fully saturated rings. The van der Waals surface area contributed by atoms with Crippen LogP contribution in [0.2, 0.25) is 0 Å². The average molecular weight is 337 g/mol. The zero-order chi connectivity index (χ0) is 16.1. The summed E-state index contributed by atoms with van der Waals surface area (Å²) in [5.41, 5.74) is 24.8. The van der Waals surface area contributed by atoms with Crippen LogP contribution in [0.15, 0.2) is 10.2 Å². The first-order valence-corrected chi connectivity index (χ1v) is 6.66. The van der Waals surface area contributed by atoms with Gasteiger partial charge in [-0.15, -0.1) is 22.6 Å². The highest BCUT2D eigenvalue weighted by Gasteiger charge is 2.01. The third-order valence-electron chi connectivity index (χ3n) is 2.43. The Morgan fingerprint density at radius 3 is 1.32 bits per heavy atom. The molecule has 0 aromatic heterocycles. The van der Waals surface area contributed by atoms with E-state index in [0.29, 0.717) is 12.8 Å². The fraction of sp³-hybridized carbons (Fsp3) is 0.636. The van der Waals surface area contributed by atoms with E-state index in [0.717, 1.165) is 32.1 Å². The maximum absolute atomic E-state index is 11.2. The van der Waals surface area contributed by atoms with Crippen LogP contribution in [0.4, 0.5) is 0 Å². The predicted molar refractivity (Wildman–Crippen MR) is 87.5 cm³/mol. The summed E-state index contributed by atoms with van der Waals surface area (Å²) in [6.45, 7) is 0. The molecular formula is C11H25ClN8O2. The number of carbonyl (C=O) groups is 2. The van der Waals surface area contributed by atoms with Gasteiger partial charge in [-0.2, -0.15) is 0 Å². The maximum atomic E-state index is 11.2. The molecule has 10 nitrogen and oxygen atoms in total. The smallest absolute Gasteiger partial charge is 0.240 e. The zero-order valence-corrected chi connectivity index (χ0v) is 13.2. The van der Waals surface area contributed by atoms with Gasteiger partial charge in [0.1, 0.15) is 0 Å². The Hall–Kier alpha value is -2.23. The predicted octanol–water partition coefficient (Wildman–Crippen LogP) is -1.25. The van der Waals surface area contributed by atoms with Crippen LogP contribution >= 0.6 is 12.4 Å². The number of hydrogen-bond acceptors (Lipinski definition) is 4. The molecule has 0 atom stereocenters. The Kier molecular flexibility index (Phi) is 13.8. The SMILES string of the molecule is Cl.NC(N)=NNC(=O)CCCCCCCC(=O)NN=C(N)N. The monoisotopic (exact) mass is 336 g/mol. The second kappa shape index (κ2) is 13.7. The van der Waals surface area contributed by atoms with Gasteiger partial charge in [0.15, 0.2) is 0 Å². The normalized spacial score (nSPS) is 9.09. The van der Waals surface area contributed by atoms with Gasteiger partial charge >= 0.3 is 0 Å². The van der Waals surface area contributed by atoms with Gasteiger partial charge in [-0.05, 0) is 12.8 Å².